The molecule has 3 N–H and O–H groups in total. The number of hydrogen-bond donors (Lipinski definition) is 2. The Bertz CT molecular complexity index is 1250. The first-order chi connectivity index (χ1) is 15.4. The van der Waals surface area contributed by atoms with E-state index in [1.165, 1.54) is 5.56 Å². The summed E-state index contributed by atoms with van der Waals surface area (Å²) in [6.45, 7) is 1.45. The predicted octanol–water partition coefficient (Wildman–Crippen LogP) is 3.77. The maximum Gasteiger partial charge on any atom is 0.339 e. The van der Waals surface area contributed by atoms with Crippen LogP contribution in [-0.4, -0.2) is 29.5 Å². The van der Waals surface area contributed by atoms with Gasteiger partial charge in [-0.3, -0.25) is 10.1 Å². The number of aryl methyl sites for hydroxylation is 1. The van der Waals surface area contributed by atoms with Crippen molar-refractivity contribution in [3.8, 4) is 0 Å². The Hall–Kier alpha value is -4.00. The Labute approximate surface area is 185 Å². The number of carbonyl (C=O) groups excluding carboxylic acids is 3. The normalized spacial score (nSPS) is 14.1. The minimum Gasteiger partial charge on any atom is -0.452 e. The largest absolute Gasteiger partial charge is 0.452 e. The van der Waals surface area contributed by atoms with Crippen molar-refractivity contribution in [1.29, 1.82) is 0 Å². The number of amides is 3. The predicted molar refractivity (Wildman–Crippen MR) is 122 cm³/mol. The maximum absolute atomic E-state index is 13.1. The number of carbonyl (C=O) groups is 3. The number of allylic oxidation sites excluding steroid dienone is 1. The van der Waals surface area contributed by atoms with E-state index in [1.54, 1.807) is 0 Å². The van der Waals surface area contributed by atoms with Gasteiger partial charge in [-0.15, -0.1) is 0 Å². The van der Waals surface area contributed by atoms with Crippen molar-refractivity contribution in [3.63, 3.8) is 0 Å². The summed E-state index contributed by atoms with van der Waals surface area (Å²) in [6, 6.07) is 14.6. The number of benzene rings is 2. The quantitative estimate of drug-likeness (QED) is 0.613. The Balaban J connectivity index is 1.76. The first-order valence-electron chi connectivity index (χ1n) is 10.4. The third-order valence-corrected chi connectivity index (χ3v) is 5.39. The number of para-hydroxylation sites is 1. The number of imide groups is 1. The number of aromatic nitrogens is 1. The van der Waals surface area contributed by atoms with Crippen LogP contribution in [0.1, 0.15) is 45.6 Å². The van der Waals surface area contributed by atoms with E-state index in [1.807, 2.05) is 36.5 Å². The van der Waals surface area contributed by atoms with Gasteiger partial charge < -0.3 is 10.5 Å². The molecule has 0 unspecified atom stereocenters. The highest BCUT2D eigenvalue weighted by Gasteiger charge is 2.26. The summed E-state index contributed by atoms with van der Waals surface area (Å²) in [5.74, 6) is -1.41. The number of nitrogens with one attached hydrogen (secondary N) is 1. The van der Waals surface area contributed by atoms with Crippen LogP contribution >= 0.6 is 0 Å². The fourth-order valence-electron chi connectivity index (χ4n) is 3.95. The average Bonchev–Trinajstić information content (AvgIpc) is 2.77. The molecular weight excluding hydrogens is 406 g/mol. The SMILES string of the molecule is Cc1ccc(/C=C2\CCCc3c2nc2ccccc2c3C(=O)OCC(=O)NC(N)=O)cc1. The molecule has 3 aromatic rings. The molecular formula is C25H23N3O4. The summed E-state index contributed by atoms with van der Waals surface area (Å²) in [5, 5.41) is 2.56. The number of ether oxygens (including phenoxy) is 1. The monoisotopic (exact) mass is 429 g/mol. The number of nitrogens with two attached hydrogens (primary N) is 1. The van der Waals surface area contributed by atoms with E-state index in [-0.39, 0.29) is 0 Å². The molecule has 7 heteroatoms. The summed E-state index contributed by atoms with van der Waals surface area (Å²) in [7, 11) is 0. The van der Waals surface area contributed by atoms with E-state index in [4.69, 9.17) is 15.5 Å². The average molecular weight is 429 g/mol. The van der Waals surface area contributed by atoms with E-state index in [0.717, 1.165) is 35.2 Å². The smallest absolute Gasteiger partial charge is 0.339 e. The van der Waals surface area contributed by atoms with Crippen LogP contribution in [0.4, 0.5) is 4.79 Å². The van der Waals surface area contributed by atoms with E-state index in [9.17, 15) is 14.4 Å². The maximum atomic E-state index is 13.1. The van der Waals surface area contributed by atoms with Gasteiger partial charge in [0.2, 0.25) is 0 Å². The fourth-order valence-corrected chi connectivity index (χ4v) is 3.95. The van der Waals surface area contributed by atoms with Crippen molar-refractivity contribution in [2.45, 2.75) is 26.2 Å². The lowest BCUT2D eigenvalue weighted by molar-refractivity contribution is -0.123. The minimum atomic E-state index is -0.997. The molecule has 2 aromatic carbocycles. The number of pyridine rings is 1. The summed E-state index contributed by atoms with van der Waals surface area (Å²) in [5.41, 5.74) is 10.9. The van der Waals surface area contributed by atoms with Gasteiger partial charge in [0, 0.05) is 5.39 Å². The minimum absolute atomic E-state index is 0.409. The molecule has 1 aliphatic rings. The lowest BCUT2D eigenvalue weighted by Crippen LogP contribution is -2.37. The van der Waals surface area contributed by atoms with Gasteiger partial charge in [0.1, 0.15) is 0 Å². The lowest BCUT2D eigenvalue weighted by Gasteiger charge is -2.22. The second-order valence-corrected chi connectivity index (χ2v) is 7.75. The van der Waals surface area contributed by atoms with Crippen LogP contribution in [0.5, 0.6) is 0 Å². The summed E-state index contributed by atoms with van der Waals surface area (Å²) in [4.78, 5) is 40.5. The Morgan fingerprint density at radius 3 is 2.59 bits per heavy atom. The van der Waals surface area contributed by atoms with Gasteiger partial charge in [0.05, 0.1) is 16.8 Å². The van der Waals surface area contributed by atoms with Gasteiger partial charge >= 0.3 is 12.0 Å². The highest BCUT2D eigenvalue weighted by atomic mass is 16.5. The summed E-state index contributed by atoms with van der Waals surface area (Å²) >= 11 is 0. The molecule has 0 atom stereocenters. The van der Waals surface area contributed by atoms with Crippen molar-refractivity contribution in [2.24, 2.45) is 5.73 Å². The summed E-state index contributed by atoms with van der Waals surface area (Å²) < 4.78 is 5.23. The Kier molecular flexibility index (Phi) is 5.98. The van der Waals surface area contributed by atoms with E-state index in [2.05, 4.69) is 30.3 Å². The highest BCUT2D eigenvalue weighted by molar-refractivity contribution is 6.07. The zero-order valence-corrected chi connectivity index (χ0v) is 17.7. The first kappa shape index (κ1) is 21.2. The van der Waals surface area contributed by atoms with E-state index < -0.39 is 24.5 Å². The zero-order chi connectivity index (χ0) is 22.7. The number of nitrogens with zero attached hydrogens (tertiary/aromatic N) is 1. The van der Waals surface area contributed by atoms with Gasteiger partial charge in [-0.1, -0.05) is 48.0 Å². The number of urea groups is 1. The first-order valence-corrected chi connectivity index (χ1v) is 10.4. The van der Waals surface area contributed by atoms with Gasteiger partial charge in [0.25, 0.3) is 5.91 Å². The molecule has 4 rings (SSSR count). The molecule has 1 heterocycles. The van der Waals surface area contributed by atoms with Gasteiger partial charge in [0.15, 0.2) is 6.61 Å². The molecule has 0 bridgehead atoms. The highest BCUT2D eigenvalue weighted by Crippen LogP contribution is 2.36. The Morgan fingerprint density at radius 2 is 1.84 bits per heavy atom. The standard InChI is InChI=1S/C25H23N3O4/c1-15-9-11-16(12-10-15)13-17-5-4-7-19-22(24(30)32-14-21(29)28-25(26)31)18-6-2-3-8-20(18)27-23(17)19/h2-3,6,8-13H,4-5,7,14H2,1H3,(H3,26,28,29,31)/b17-13+. The van der Waals surface area contributed by atoms with Crippen LogP contribution < -0.4 is 11.1 Å². The molecule has 0 aliphatic heterocycles. The molecule has 1 aliphatic carbocycles. The fraction of sp³-hybridized carbons (Fsp3) is 0.200. The Morgan fingerprint density at radius 1 is 1.09 bits per heavy atom. The third-order valence-electron chi connectivity index (χ3n) is 5.39. The molecule has 0 spiro atoms. The molecule has 0 radical (unpaired) electrons. The van der Waals surface area contributed by atoms with E-state index >= 15 is 0 Å². The van der Waals surface area contributed by atoms with Crippen molar-refractivity contribution >= 4 is 40.5 Å². The molecule has 1 aromatic heterocycles. The van der Waals surface area contributed by atoms with Gasteiger partial charge in [-0.05, 0) is 55.0 Å². The zero-order valence-electron chi connectivity index (χ0n) is 17.7. The van der Waals surface area contributed by atoms with Crippen molar-refractivity contribution < 1.29 is 19.1 Å². The lowest BCUT2D eigenvalue weighted by atomic mass is 9.86. The summed E-state index contributed by atoms with van der Waals surface area (Å²) in [6.07, 6.45) is 4.50. The molecule has 32 heavy (non-hydrogen) atoms. The topological polar surface area (TPSA) is 111 Å². The molecule has 3 amide bonds. The van der Waals surface area contributed by atoms with Crippen molar-refractivity contribution in [3.05, 3.63) is 76.5 Å². The second-order valence-electron chi connectivity index (χ2n) is 7.75. The molecule has 162 valence electrons. The van der Waals surface area contributed by atoms with Crippen LogP contribution in [0.3, 0.4) is 0 Å². The molecule has 7 nitrogen and oxygen atoms in total. The third kappa shape index (κ3) is 4.51. The van der Waals surface area contributed by atoms with E-state index in [0.29, 0.717) is 22.9 Å². The number of fused-ring (bicyclic) bond motifs is 2. The van der Waals surface area contributed by atoms with Crippen LogP contribution in [0, 0.1) is 6.92 Å². The number of rotatable bonds is 4. The van der Waals surface area contributed by atoms with Crippen LogP contribution in [0.2, 0.25) is 0 Å². The molecule has 0 saturated heterocycles. The number of esters is 1. The van der Waals surface area contributed by atoms with Crippen LogP contribution in [-0.2, 0) is 16.0 Å². The van der Waals surface area contributed by atoms with Crippen LogP contribution in [0.25, 0.3) is 22.6 Å². The second kappa shape index (κ2) is 9.01. The number of hydrogen-bond acceptors (Lipinski definition) is 5. The van der Waals surface area contributed by atoms with Crippen molar-refractivity contribution in [1.82, 2.24) is 10.3 Å². The van der Waals surface area contributed by atoms with Crippen molar-refractivity contribution in [2.75, 3.05) is 6.61 Å². The number of primary amides is 1. The van der Waals surface area contributed by atoms with Gasteiger partial charge in [-0.25, -0.2) is 14.6 Å². The molecule has 0 saturated carbocycles. The van der Waals surface area contributed by atoms with Crippen LogP contribution in [0.15, 0.2) is 48.5 Å². The van der Waals surface area contributed by atoms with Gasteiger partial charge in [-0.2, -0.15) is 0 Å². The molecule has 0 fully saturated rings.